The lowest BCUT2D eigenvalue weighted by atomic mass is 9.79. The van der Waals surface area contributed by atoms with Gasteiger partial charge in [-0.25, -0.2) is 0 Å². The van der Waals surface area contributed by atoms with Crippen molar-refractivity contribution in [1.82, 2.24) is 0 Å². The number of hydrogen-bond donors (Lipinski definition) is 1. The molecule has 1 aromatic carbocycles. The highest BCUT2D eigenvalue weighted by molar-refractivity contribution is 5.44. The monoisotopic (exact) mass is 291 g/mol. The standard InChI is InChI=1S/C17H25NO3/c1-3-4-13-10-17(7-8-20-13)11-15(18)14-6-5-12(19-2)9-16(14)21-17/h5-6,9,13,15H,3-4,7-8,10-11,18H2,1-2H3/t13?,15-,17?/m1/s1. The van der Waals surface area contributed by atoms with Gasteiger partial charge >= 0.3 is 0 Å². The van der Waals surface area contributed by atoms with Crippen molar-refractivity contribution in [3.63, 3.8) is 0 Å². The predicted octanol–water partition coefficient (Wildman–Crippen LogP) is 3.20. The van der Waals surface area contributed by atoms with Crippen LogP contribution in [0.2, 0.25) is 0 Å². The minimum absolute atomic E-state index is 0.0278. The smallest absolute Gasteiger partial charge is 0.128 e. The number of fused-ring (bicyclic) bond motifs is 1. The number of methoxy groups -OCH3 is 1. The molecule has 0 bridgehead atoms. The van der Waals surface area contributed by atoms with Crippen molar-refractivity contribution < 1.29 is 14.2 Å². The minimum atomic E-state index is -0.170. The molecule has 0 amide bonds. The molecule has 21 heavy (non-hydrogen) atoms. The molecule has 2 N–H and O–H groups in total. The molecule has 1 spiro atoms. The summed E-state index contributed by atoms with van der Waals surface area (Å²) in [5.41, 5.74) is 7.31. The largest absolute Gasteiger partial charge is 0.497 e. The molecule has 4 nitrogen and oxygen atoms in total. The van der Waals surface area contributed by atoms with Gasteiger partial charge in [0.2, 0.25) is 0 Å². The molecule has 2 unspecified atom stereocenters. The average Bonchev–Trinajstić information content (AvgIpc) is 2.47. The Labute approximate surface area is 126 Å². The fraction of sp³-hybridized carbons (Fsp3) is 0.647. The van der Waals surface area contributed by atoms with Crippen LogP contribution in [0.1, 0.15) is 50.6 Å². The van der Waals surface area contributed by atoms with Gasteiger partial charge < -0.3 is 19.9 Å². The Balaban J connectivity index is 1.85. The molecule has 3 rings (SSSR count). The molecule has 3 atom stereocenters. The van der Waals surface area contributed by atoms with Crippen LogP contribution in [0.25, 0.3) is 0 Å². The predicted molar refractivity (Wildman–Crippen MR) is 81.8 cm³/mol. The van der Waals surface area contributed by atoms with Gasteiger partial charge in [-0.3, -0.25) is 0 Å². The van der Waals surface area contributed by atoms with Crippen LogP contribution in [0.5, 0.6) is 11.5 Å². The van der Waals surface area contributed by atoms with Crippen molar-refractivity contribution in [2.75, 3.05) is 13.7 Å². The number of rotatable bonds is 3. The summed E-state index contributed by atoms with van der Waals surface area (Å²) < 4.78 is 17.6. The Bertz CT molecular complexity index is 503. The molecular formula is C17H25NO3. The molecular weight excluding hydrogens is 266 g/mol. The van der Waals surface area contributed by atoms with Crippen molar-refractivity contribution in [3.8, 4) is 11.5 Å². The summed E-state index contributed by atoms with van der Waals surface area (Å²) in [5.74, 6) is 1.69. The zero-order valence-electron chi connectivity index (χ0n) is 12.9. The van der Waals surface area contributed by atoms with Crippen LogP contribution in [0, 0.1) is 0 Å². The van der Waals surface area contributed by atoms with Gasteiger partial charge in [-0.1, -0.05) is 19.4 Å². The molecule has 0 radical (unpaired) electrons. The lowest BCUT2D eigenvalue weighted by Gasteiger charge is -2.46. The number of hydrogen-bond acceptors (Lipinski definition) is 4. The molecule has 0 aromatic heterocycles. The van der Waals surface area contributed by atoms with Crippen molar-refractivity contribution in [2.24, 2.45) is 5.73 Å². The van der Waals surface area contributed by atoms with Gasteiger partial charge in [0.05, 0.1) is 19.8 Å². The number of nitrogens with two attached hydrogens (primary N) is 1. The van der Waals surface area contributed by atoms with E-state index in [2.05, 4.69) is 6.92 Å². The Kier molecular flexibility index (Phi) is 4.09. The summed E-state index contributed by atoms with van der Waals surface area (Å²) in [6, 6.07) is 5.96. The van der Waals surface area contributed by atoms with Gasteiger partial charge in [-0.15, -0.1) is 0 Å². The SMILES string of the molecule is CCCC1CC2(CCO1)C[C@@H](N)c1ccc(OC)cc1O2. The fourth-order valence-corrected chi connectivity index (χ4v) is 3.60. The van der Waals surface area contributed by atoms with Crippen LogP contribution in [-0.4, -0.2) is 25.4 Å². The molecule has 116 valence electrons. The lowest BCUT2D eigenvalue weighted by molar-refractivity contribution is -0.103. The summed E-state index contributed by atoms with van der Waals surface area (Å²) in [6.07, 6.45) is 5.24. The van der Waals surface area contributed by atoms with E-state index in [0.717, 1.165) is 55.8 Å². The summed E-state index contributed by atoms with van der Waals surface area (Å²) in [6.45, 7) is 2.95. The second kappa shape index (κ2) is 5.85. The highest BCUT2D eigenvalue weighted by atomic mass is 16.5. The molecule has 1 fully saturated rings. The van der Waals surface area contributed by atoms with Crippen LogP contribution in [-0.2, 0) is 4.74 Å². The maximum absolute atomic E-state index is 6.41. The van der Waals surface area contributed by atoms with Crippen molar-refractivity contribution in [2.45, 2.75) is 56.8 Å². The molecule has 1 aromatic rings. The van der Waals surface area contributed by atoms with Crippen LogP contribution in [0.4, 0.5) is 0 Å². The topological polar surface area (TPSA) is 53.7 Å². The molecule has 1 saturated heterocycles. The maximum atomic E-state index is 6.41. The quantitative estimate of drug-likeness (QED) is 0.929. The first-order valence-electron chi connectivity index (χ1n) is 7.90. The van der Waals surface area contributed by atoms with Crippen LogP contribution in [0.15, 0.2) is 18.2 Å². The molecule has 2 aliphatic rings. The summed E-state index contributed by atoms with van der Waals surface area (Å²) >= 11 is 0. The third-order valence-electron chi connectivity index (χ3n) is 4.66. The summed E-state index contributed by atoms with van der Waals surface area (Å²) in [4.78, 5) is 0. The highest BCUT2D eigenvalue weighted by Gasteiger charge is 2.43. The first-order chi connectivity index (χ1) is 10.2. The summed E-state index contributed by atoms with van der Waals surface area (Å²) in [7, 11) is 1.67. The zero-order chi connectivity index (χ0) is 14.9. The molecule has 2 aliphatic heterocycles. The third-order valence-corrected chi connectivity index (χ3v) is 4.66. The third kappa shape index (κ3) is 2.87. The van der Waals surface area contributed by atoms with E-state index in [1.54, 1.807) is 7.11 Å². The Morgan fingerprint density at radius 3 is 3.00 bits per heavy atom. The number of benzene rings is 1. The molecule has 2 heterocycles. The Hall–Kier alpha value is -1.26. The second-order valence-corrected chi connectivity index (χ2v) is 6.24. The molecule has 0 aliphatic carbocycles. The van der Waals surface area contributed by atoms with E-state index in [-0.39, 0.29) is 11.6 Å². The van der Waals surface area contributed by atoms with Gasteiger partial charge in [0.15, 0.2) is 0 Å². The first-order valence-corrected chi connectivity index (χ1v) is 7.90. The van der Waals surface area contributed by atoms with Crippen molar-refractivity contribution >= 4 is 0 Å². The van der Waals surface area contributed by atoms with Crippen molar-refractivity contribution in [3.05, 3.63) is 23.8 Å². The highest BCUT2D eigenvalue weighted by Crippen LogP contribution is 2.45. The van der Waals surface area contributed by atoms with E-state index in [1.165, 1.54) is 0 Å². The second-order valence-electron chi connectivity index (χ2n) is 6.24. The van der Waals surface area contributed by atoms with Gasteiger partial charge in [-0.2, -0.15) is 0 Å². The van der Waals surface area contributed by atoms with Gasteiger partial charge in [0.25, 0.3) is 0 Å². The van der Waals surface area contributed by atoms with Gasteiger partial charge in [-0.05, 0) is 12.5 Å². The molecule has 0 saturated carbocycles. The van der Waals surface area contributed by atoms with E-state index in [9.17, 15) is 0 Å². The van der Waals surface area contributed by atoms with E-state index in [0.29, 0.717) is 6.10 Å². The van der Waals surface area contributed by atoms with E-state index >= 15 is 0 Å². The van der Waals surface area contributed by atoms with Crippen LogP contribution in [0.3, 0.4) is 0 Å². The molecule has 4 heteroatoms. The van der Waals surface area contributed by atoms with E-state index < -0.39 is 0 Å². The summed E-state index contributed by atoms with van der Waals surface area (Å²) in [5, 5.41) is 0. The van der Waals surface area contributed by atoms with Crippen molar-refractivity contribution in [1.29, 1.82) is 0 Å². The van der Waals surface area contributed by atoms with E-state index in [1.807, 2.05) is 18.2 Å². The van der Waals surface area contributed by atoms with E-state index in [4.69, 9.17) is 19.9 Å². The number of ether oxygens (including phenoxy) is 3. The van der Waals surface area contributed by atoms with Crippen LogP contribution < -0.4 is 15.2 Å². The average molecular weight is 291 g/mol. The minimum Gasteiger partial charge on any atom is -0.497 e. The Morgan fingerprint density at radius 1 is 1.38 bits per heavy atom. The fourth-order valence-electron chi connectivity index (χ4n) is 3.60. The normalized spacial score (nSPS) is 31.6. The van der Waals surface area contributed by atoms with Crippen LogP contribution >= 0.6 is 0 Å². The maximum Gasteiger partial charge on any atom is 0.128 e. The van der Waals surface area contributed by atoms with Gasteiger partial charge in [0, 0.05) is 36.9 Å². The van der Waals surface area contributed by atoms with Gasteiger partial charge in [0.1, 0.15) is 17.1 Å². The first kappa shape index (κ1) is 14.7. The Morgan fingerprint density at radius 2 is 2.24 bits per heavy atom. The lowest BCUT2D eigenvalue weighted by Crippen LogP contribution is -2.49. The zero-order valence-corrected chi connectivity index (χ0v) is 12.9.